The minimum atomic E-state index is -4.33. The molecule has 0 spiro atoms. The number of pyridine rings is 2. The lowest BCUT2D eigenvalue weighted by atomic mass is 9.90. The number of hydrogen-bond acceptors (Lipinski definition) is 6. The van der Waals surface area contributed by atoms with E-state index in [-0.39, 0.29) is 11.9 Å². The molecule has 0 aliphatic carbocycles. The van der Waals surface area contributed by atoms with Crippen LogP contribution in [0.2, 0.25) is 0 Å². The molecule has 0 bridgehead atoms. The van der Waals surface area contributed by atoms with Crippen LogP contribution < -0.4 is 9.64 Å². The molecule has 9 heteroatoms. The molecule has 6 nitrogen and oxygen atoms in total. The van der Waals surface area contributed by atoms with Gasteiger partial charge in [0.15, 0.2) is 5.78 Å². The summed E-state index contributed by atoms with van der Waals surface area (Å²) in [5, 5.41) is 0. The quantitative estimate of drug-likeness (QED) is 0.327. The second-order valence-electron chi connectivity index (χ2n) is 10.4. The highest BCUT2D eigenvalue weighted by Gasteiger charge is 2.30. The topological polar surface area (TPSA) is 58.6 Å². The molecule has 2 fully saturated rings. The zero-order chi connectivity index (χ0) is 27.2. The molecule has 1 aromatic carbocycles. The number of anilines is 1. The standard InChI is InChI=1S/C30H33F3N4O2/c31-30(32,33)24-1-3-25(4-2-24)37-17-10-26(11-18-37)39-27-7-14-35-28(20-27)29(38)19-22-8-15-36(16-9-22)21-23-5-12-34-13-6-23/h1-7,12-14,20,22,26H,8-11,15-19,21H2. The normalized spacial score (nSPS) is 17.8. The van der Waals surface area contributed by atoms with Gasteiger partial charge in [0.05, 0.1) is 5.56 Å². The van der Waals surface area contributed by atoms with E-state index < -0.39 is 11.7 Å². The zero-order valence-electron chi connectivity index (χ0n) is 21.8. The summed E-state index contributed by atoms with van der Waals surface area (Å²) in [5.74, 6) is 1.03. The molecule has 0 radical (unpaired) electrons. The highest BCUT2D eigenvalue weighted by molar-refractivity contribution is 5.94. The van der Waals surface area contributed by atoms with Gasteiger partial charge >= 0.3 is 6.18 Å². The first-order valence-electron chi connectivity index (χ1n) is 13.5. The third kappa shape index (κ3) is 7.35. The fourth-order valence-electron chi connectivity index (χ4n) is 5.38. The number of Topliss-reactive ketones (excluding diaryl/α,β-unsaturated/α-hetero) is 1. The van der Waals surface area contributed by atoms with E-state index in [0.717, 1.165) is 63.1 Å². The van der Waals surface area contributed by atoms with Crippen molar-refractivity contribution in [1.82, 2.24) is 14.9 Å². The Bertz CT molecular complexity index is 1220. The highest BCUT2D eigenvalue weighted by Crippen LogP contribution is 2.31. The van der Waals surface area contributed by atoms with Gasteiger partial charge in [-0.15, -0.1) is 0 Å². The lowest BCUT2D eigenvalue weighted by molar-refractivity contribution is -0.137. The number of halogens is 3. The Morgan fingerprint density at radius 1 is 0.897 bits per heavy atom. The lowest BCUT2D eigenvalue weighted by Gasteiger charge is -2.34. The number of nitrogens with zero attached hydrogens (tertiary/aromatic N) is 4. The van der Waals surface area contributed by atoms with Crippen molar-refractivity contribution in [3.05, 3.63) is 83.9 Å². The Labute approximate surface area is 226 Å². The van der Waals surface area contributed by atoms with Crippen molar-refractivity contribution >= 4 is 11.5 Å². The Morgan fingerprint density at radius 3 is 2.26 bits per heavy atom. The van der Waals surface area contributed by atoms with Crippen molar-refractivity contribution in [2.45, 2.75) is 50.9 Å². The zero-order valence-corrected chi connectivity index (χ0v) is 21.8. The summed E-state index contributed by atoms with van der Waals surface area (Å²) >= 11 is 0. The van der Waals surface area contributed by atoms with Crippen LogP contribution in [0, 0.1) is 5.92 Å². The van der Waals surface area contributed by atoms with Crippen molar-refractivity contribution in [3.63, 3.8) is 0 Å². The minimum Gasteiger partial charge on any atom is -0.490 e. The smallest absolute Gasteiger partial charge is 0.416 e. The van der Waals surface area contributed by atoms with Gasteiger partial charge in [-0.3, -0.25) is 19.7 Å². The Hall–Kier alpha value is -3.46. The number of aromatic nitrogens is 2. The van der Waals surface area contributed by atoms with Crippen LogP contribution >= 0.6 is 0 Å². The van der Waals surface area contributed by atoms with Crippen molar-refractivity contribution < 1.29 is 22.7 Å². The van der Waals surface area contributed by atoms with Crippen molar-refractivity contribution in [1.29, 1.82) is 0 Å². The summed E-state index contributed by atoms with van der Waals surface area (Å²) in [6.07, 6.45) is 4.86. The summed E-state index contributed by atoms with van der Waals surface area (Å²) in [6.45, 7) is 4.23. The third-order valence-electron chi connectivity index (χ3n) is 7.66. The van der Waals surface area contributed by atoms with E-state index in [9.17, 15) is 18.0 Å². The van der Waals surface area contributed by atoms with Crippen LogP contribution in [-0.4, -0.2) is 52.9 Å². The number of piperidine rings is 2. The van der Waals surface area contributed by atoms with Gasteiger partial charge in [0.1, 0.15) is 17.5 Å². The summed E-state index contributed by atoms with van der Waals surface area (Å²) in [4.78, 5) is 25.9. The summed E-state index contributed by atoms with van der Waals surface area (Å²) in [6, 6.07) is 12.9. The van der Waals surface area contributed by atoms with Gasteiger partial charge < -0.3 is 9.64 Å². The fraction of sp³-hybridized carbons (Fsp3) is 0.433. The molecule has 0 atom stereocenters. The first-order chi connectivity index (χ1) is 18.8. The van der Waals surface area contributed by atoms with Gasteiger partial charge in [-0.05, 0) is 79.9 Å². The first kappa shape index (κ1) is 27.1. The largest absolute Gasteiger partial charge is 0.490 e. The van der Waals surface area contributed by atoms with Crippen LogP contribution in [0.15, 0.2) is 67.1 Å². The van der Waals surface area contributed by atoms with E-state index in [1.807, 2.05) is 24.5 Å². The molecule has 0 amide bonds. The first-order valence-corrected chi connectivity index (χ1v) is 13.5. The molecule has 2 aliphatic heterocycles. The molecule has 2 aliphatic rings. The van der Waals surface area contributed by atoms with Gasteiger partial charge in [-0.1, -0.05) is 0 Å². The van der Waals surface area contributed by atoms with Crippen LogP contribution in [0.3, 0.4) is 0 Å². The molecule has 4 heterocycles. The number of alkyl halides is 3. The molecule has 2 aromatic heterocycles. The van der Waals surface area contributed by atoms with E-state index >= 15 is 0 Å². The Morgan fingerprint density at radius 2 is 1.59 bits per heavy atom. The average molecular weight is 539 g/mol. The maximum atomic E-state index is 13.0. The van der Waals surface area contributed by atoms with Gasteiger partial charge in [0.2, 0.25) is 0 Å². The molecule has 0 unspecified atom stereocenters. The predicted octanol–water partition coefficient (Wildman–Crippen LogP) is 6.03. The lowest BCUT2D eigenvalue weighted by Crippen LogP contribution is -2.38. The number of benzene rings is 1. The van der Waals surface area contributed by atoms with Gasteiger partial charge in [0, 0.05) is 69.2 Å². The van der Waals surface area contributed by atoms with Crippen LogP contribution in [0.4, 0.5) is 18.9 Å². The van der Waals surface area contributed by atoms with Gasteiger partial charge in [-0.2, -0.15) is 13.2 Å². The van der Waals surface area contributed by atoms with Crippen molar-refractivity contribution in [2.24, 2.45) is 5.92 Å². The van der Waals surface area contributed by atoms with E-state index in [1.165, 1.54) is 17.7 Å². The molecular weight excluding hydrogens is 505 g/mol. The molecule has 0 N–H and O–H groups in total. The number of carbonyl (C=O) groups excluding carboxylic acids is 1. The highest BCUT2D eigenvalue weighted by atomic mass is 19.4. The maximum absolute atomic E-state index is 13.0. The fourth-order valence-corrected chi connectivity index (χ4v) is 5.38. The minimum absolute atomic E-state index is 0.0224. The van der Waals surface area contributed by atoms with Gasteiger partial charge in [-0.25, -0.2) is 0 Å². The maximum Gasteiger partial charge on any atom is 0.416 e. The van der Waals surface area contributed by atoms with Crippen LogP contribution in [-0.2, 0) is 12.7 Å². The number of hydrogen-bond donors (Lipinski definition) is 0. The number of ether oxygens (including phenoxy) is 1. The summed E-state index contributed by atoms with van der Waals surface area (Å²) in [5.41, 5.74) is 1.83. The number of carbonyl (C=O) groups is 1. The number of ketones is 1. The summed E-state index contributed by atoms with van der Waals surface area (Å²) in [7, 11) is 0. The average Bonchev–Trinajstić information content (AvgIpc) is 2.95. The monoisotopic (exact) mass is 538 g/mol. The second kappa shape index (κ2) is 12.2. The molecule has 5 rings (SSSR count). The van der Waals surface area contributed by atoms with E-state index in [0.29, 0.717) is 36.9 Å². The molecule has 0 saturated carbocycles. The molecule has 3 aromatic rings. The van der Waals surface area contributed by atoms with Crippen LogP contribution in [0.5, 0.6) is 5.75 Å². The van der Waals surface area contributed by atoms with Crippen LogP contribution in [0.25, 0.3) is 0 Å². The summed E-state index contributed by atoms with van der Waals surface area (Å²) < 4.78 is 44.7. The Kier molecular flexibility index (Phi) is 8.45. The molecule has 39 heavy (non-hydrogen) atoms. The van der Waals surface area contributed by atoms with Crippen molar-refractivity contribution in [2.75, 3.05) is 31.1 Å². The molecule has 206 valence electrons. The molecular formula is C30H33F3N4O2. The Balaban J connectivity index is 1.08. The van der Waals surface area contributed by atoms with E-state index in [2.05, 4.69) is 19.8 Å². The third-order valence-corrected chi connectivity index (χ3v) is 7.66. The number of likely N-dealkylation sites (tertiary alicyclic amines) is 1. The number of rotatable bonds is 8. The van der Waals surface area contributed by atoms with E-state index in [1.54, 1.807) is 18.3 Å². The van der Waals surface area contributed by atoms with Gasteiger partial charge in [0.25, 0.3) is 0 Å². The van der Waals surface area contributed by atoms with Crippen LogP contribution in [0.1, 0.15) is 53.7 Å². The van der Waals surface area contributed by atoms with E-state index in [4.69, 9.17) is 4.74 Å². The molecule has 2 saturated heterocycles. The second-order valence-corrected chi connectivity index (χ2v) is 10.4. The predicted molar refractivity (Wildman–Crippen MR) is 143 cm³/mol. The SMILES string of the molecule is O=C(CC1CCN(Cc2ccncc2)CC1)c1cc(OC2CCN(c3ccc(C(F)(F)F)cc3)CC2)ccn1. The van der Waals surface area contributed by atoms with Crippen molar-refractivity contribution in [3.8, 4) is 5.75 Å².